The summed E-state index contributed by atoms with van der Waals surface area (Å²) in [5.74, 6) is 2.93. The number of fused-ring (bicyclic) bond motifs is 1. The van der Waals surface area contributed by atoms with Gasteiger partial charge in [-0.05, 0) is 37.8 Å². The van der Waals surface area contributed by atoms with Crippen molar-refractivity contribution >= 4 is 22.6 Å². The normalized spacial score (nSPS) is 11.4. The Balaban J connectivity index is 2.34. The maximum atomic E-state index is 6.05. The number of imidazole rings is 1. The average molecular weight is 295 g/mol. The van der Waals surface area contributed by atoms with Gasteiger partial charge in [0.15, 0.2) is 0 Å². The Morgan fingerprint density at radius 2 is 2.15 bits per heavy atom. The summed E-state index contributed by atoms with van der Waals surface area (Å²) in [5, 5.41) is 0. The molecule has 0 unspecified atom stereocenters. The van der Waals surface area contributed by atoms with Crippen LogP contribution < -0.4 is 4.74 Å². The number of ether oxygens (including phenoxy) is 1. The van der Waals surface area contributed by atoms with E-state index in [1.165, 1.54) is 6.42 Å². The van der Waals surface area contributed by atoms with Gasteiger partial charge in [-0.25, -0.2) is 4.98 Å². The van der Waals surface area contributed by atoms with Crippen LogP contribution in [-0.2, 0) is 12.4 Å². The lowest BCUT2D eigenvalue weighted by atomic mass is 10.1. The zero-order valence-electron chi connectivity index (χ0n) is 12.5. The highest BCUT2D eigenvalue weighted by molar-refractivity contribution is 6.16. The molecule has 0 fully saturated rings. The molecule has 1 aromatic carbocycles. The van der Waals surface area contributed by atoms with Crippen molar-refractivity contribution in [2.75, 3.05) is 6.61 Å². The Morgan fingerprint density at radius 3 is 2.80 bits per heavy atom. The number of halogens is 1. The molecule has 2 aromatic rings. The molecule has 0 aliphatic heterocycles. The van der Waals surface area contributed by atoms with Crippen molar-refractivity contribution in [2.24, 2.45) is 5.92 Å². The lowest BCUT2D eigenvalue weighted by Crippen LogP contribution is -2.03. The molecule has 0 aliphatic rings. The van der Waals surface area contributed by atoms with Gasteiger partial charge < -0.3 is 9.30 Å². The third kappa shape index (κ3) is 3.26. The van der Waals surface area contributed by atoms with Crippen LogP contribution in [0.15, 0.2) is 18.2 Å². The molecule has 1 heterocycles. The topological polar surface area (TPSA) is 27.1 Å². The lowest BCUT2D eigenvalue weighted by molar-refractivity contribution is 0.343. The maximum Gasteiger partial charge on any atom is 0.147 e. The Bertz CT molecular complexity index is 563. The Hall–Kier alpha value is -1.22. The highest BCUT2D eigenvalue weighted by atomic mass is 35.5. The largest absolute Gasteiger partial charge is 0.492 e. The molecule has 0 atom stereocenters. The van der Waals surface area contributed by atoms with E-state index in [0.717, 1.165) is 41.5 Å². The van der Waals surface area contributed by atoms with E-state index in [4.69, 9.17) is 16.3 Å². The zero-order chi connectivity index (χ0) is 14.5. The van der Waals surface area contributed by atoms with E-state index >= 15 is 0 Å². The van der Waals surface area contributed by atoms with Gasteiger partial charge in [-0.1, -0.05) is 19.9 Å². The van der Waals surface area contributed by atoms with Crippen LogP contribution in [0.2, 0.25) is 0 Å². The van der Waals surface area contributed by atoms with Crippen LogP contribution in [0.1, 0.15) is 39.4 Å². The minimum absolute atomic E-state index is 0.432. The minimum Gasteiger partial charge on any atom is -0.492 e. The fourth-order valence-electron chi connectivity index (χ4n) is 2.45. The number of hydrogen-bond acceptors (Lipinski definition) is 2. The van der Waals surface area contributed by atoms with Gasteiger partial charge in [0.25, 0.3) is 0 Å². The minimum atomic E-state index is 0.432. The molecule has 0 N–H and O–H groups in total. The summed E-state index contributed by atoms with van der Waals surface area (Å²) in [6.07, 6.45) is 2.36. The third-order valence-electron chi connectivity index (χ3n) is 3.40. The first kappa shape index (κ1) is 15.2. The maximum absolute atomic E-state index is 6.05. The Labute approximate surface area is 125 Å². The zero-order valence-corrected chi connectivity index (χ0v) is 13.3. The second-order valence-electron chi connectivity index (χ2n) is 5.41. The van der Waals surface area contributed by atoms with E-state index < -0.39 is 0 Å². The van der Waals surface area contributed by atoms with Crippen molar-refractivity contribution in [3.8, 4) is 5.75 Å². The first-order valence-corrected chi connectivity index (χ1v) is 7.87. The first-order chi connectivity index (χ1) is 9.67. The molecule has 4 heteroatoms. The molecule has 0 saturated carbocycles. The standard InChI is InChI=1S/C16H23ClN2O/c1-4-20-14-9-5-8-13-16(14)18-15(11-17)19(13)10-6-7-12(2)3/h5,8-9,12H,4,6-7,10-11H2,1-3H3. The van der Waals surface area contributed by atoms with Crippen LogP contribution in [-0.4, -0.2) is 16.2 Å². The fraction of sp³-hybridized carbons (Fsp3) is 0.562. The number of benzene rings is 1. The number of para-hydroxylation sites is 1. The summed E-state index contributed by atoms with van der Waals surface area (Å²) in [7, 11) is 0. The van der Waals surface area contributed by atoms with Gasteiger partial charge in [-0.15, -0.1) is 11.6 Å². The smallest absolute Gasteiger partial charge is 0.147 e. The van der Waals surface area contributed by atoms with Gasteiger partial charge in [0, 0.05) is 6.54 Å². The average Bonchev–Trinajstić information content (AvgIpc) is 2.78. The van der Waals surface area contributed by atoms with Crippen LogP contribution in [0.25, 0.3) is 11.0 Å². The SMILES string of the molecule is CCOc1cccc2c1nc(CCl)n2CCCC(C)C. The second kappa shape index (κ2) is 6.98. The molecule has 110 valence electrons. The molecule has 0 radical (unpaired) electrons. The van der Waals surface area contributed by atoms with Gasteiger partial charge in [-0.2, -0.15) is 0 Å². The van der Waals surface area contributed by atoms with Crippen LogP contribution in [0.5, 0.6) is 5.75 Å². The molecule has 0 amide bonds. The van der Waals surface area contributed by atoms with Gasteiger partial charge in [0.05, 0.1) is 18.0 Å². The summed E-state index contributed by atoms with van der Waals surface area (Å²) in [5.41, 5.74) is 2.05. The second-order valence-corrected chi connectivity index (χ2v) is 5.67. The number of aromatic nitrogens is 2. The van der Waals surface area contributed by atoms with E-state index in [2.05, 4.69) is 29.5 Å². The number of aryl methyl sites for hydroxylation is 1. The predicted molar refractivity (Wildman–Crippen MR) is 84.5 cm³/mol. The Morgan fingerprint density at radius 1 is 1.35 bits per heavy atom. The van der Waals surface area contributed by atoms with Crippen molar-refractivity contribution in [3.05, 3.63) is 24.0 Å². The number of hydrogen-bond donors (Lipinski definition) is 0. The Kier molecular flexibility index (Phi) is 5.30. The monoisotopic (exact) mass is 294 g/mol. The van der Waals surface area contributed by atoms with Crippen molar-refractivity contribution in [1.29, 1.82) is 0 Å². The first-order valence-electron chi connectivity index (χ1n) is 7.34. The predicted octanol–water partition coefficient (Wildman–Crippen LogP) is 4.61. The molecule has 0 bridgehead atoms. The van der Waals surface area contributed by atoms with Crippen molar-refractivity contribution in [1.82, 2.24) is 9.55 Å². The van der Waals surface area contributed by atoms with Gasteiger partial charge in [0.1, 0.15) is 17.1 Å². The summed E-state index contributed by atoms with van der Waals surface area (Å²) in [6, 6.07) is 6.08. The number of rotatable bonds is 7. The lowest BCUT2D eigenvalue weighted by Gasteiger charge is -2.09. The van der Waals surface area contributed by atoms with Gasteiger partial charge in [-0.3, -0.25) is 0 Å². The highest BCUT2D eigenvalue weighted by Gasteiger charge is 2.13. The summed E-state index contributed by atoms with van der Waals surface area (Å²) in [4.78, 5) is 4.65. The van der Waals surface area contributed by atoms with Crippen LogP contribution >= 0.6 is 11.6 Å². The molecule has 1 aromatic heterocycles. The van der Waals surface area contributed by atoms with Crippen LogP contribution in [0.3, 0.4) is 0 Å². The quantitative estimate of drug-likeness (QED) is 0.697. The van der Waals surface area contributed by atoms with E-state index in [9.17, 15) is 0 Å². The van der Waals surface area contributed by atoms with E-state index in [0.29, 0.717) is 12.5 Å². The molecular weight excluding hydrogens is 272 g/mol. The molecule has 3 nitrogen and oxygen atoms in total. The van der Waals surface area contributed by atoms with E-state index in [1.807, 2.05) is 19.1 Å². The molecule has 0 aliphatic carbocycles. The summed E-state index contributed by atoms with van der Waals surface area (Å²) < 4.78 is 7.89. The van der Waals surface area contributed by atoms with Crippen molar-refractivity contribution in [2.45, 2.75) is 46.0 Å². The molecule has 0 saturated heterocycles. The highest BCUT2D eigenvalue weighted by Crippen LogP contribution is 2.27. The molecule has 2 rings (SSSR count). The molecule has 20 heavy (non-hydrogen) atoms. The van der Waals surface area contributed by atoms with Crippen molar-refractivity contribution < 1.29 is 4.74 Å². The van der Waals surface area contributed by atoms with E-state index in [-0.39, 0.29) is 0 Å². The van der Waals surface area contributed by atoms with Crippen molar-refractivity contribution in [3.63, 3.8) is 0 Å². The van der Waals surface area contributed by atoms with Crippen LogP contribution in [0, 0.1) is 5.92 Å². The number of nitrogens with zero attached hydrogens (tertiary/aromatic N) is 2. The van der Waals surface area contributed by atoms with Gasteiger partial charge in [0.2, 0.25) is 0 Å². The molecule has 0 spiro atoms. The third-order valence-corrected chi connectivity index (χ3v) is 3.64. The fourth-order valence-corrected chi connectivity index (χ4v) is 2.65. The number of alkyl halides is 1. The van der Waals surface area contributed by atoms with Gasteiger partial charge >= 0.3 is 0 Å². The summed E-state index contributed by atoms with van der Waals surface area (Å²) in [6.45, 7) is 8.10. The molecular formula is C16H23ClN2O. The summed E-state index contributed by atoms with van der Waals surface area (Å²) >= 11 is 6.05. The van der Waals surface area contributed by atoms with Crippen LogP contribution in [0.4, 0.5) is 0 Å². The van der Waals surface area contributed by atoms with E-state index in [1.54, 1.807) is 0 Å².